The highest BCUT2D eigenvalue weighted by Gasteiger charge is 2.48. The first-order chi connectivity index (χ1) is 9.60. The molecule has 0 radical (unpaired) electrons. The van der Waals surface area contributed by atoms with Crippen molar-refractivity contribution in [3.05, 3.63) is 15.4 Å². The number of nitrogens with one attached hydrogen (secondary N) is 2. The molecule has 0 spiro atoms. The maximum atomic E-state index is 12.2. The molecule has 1 aliphatic heterocycles. The van der Waals surface area contributed by atoms with Crippen molar-refractivity contribution < 1.29 is 18.0 Å². The number of thiophene rings is 1. The molecule has 0 unspecified atom stereocenters. The molecule has 10 heteroatoms. The molecule has 1 atom stereocenters. The van der Waals surface area contributed by atoms with E-state index in [0.29, 0.717) is 15.2 Å². The first-order valence-corrected chi connectivity index (χ1v) is 9.15. The van der Waals surface area contributed by atoms with Crippen LogP contribution < -0.4 is 10.1 Å². The van der Waals surface area contributed by atoms with Gasteiger partial charge in [-0.05, 0) is 47.8 Å². The van der Waals surface area contributed by atoms with Crippen LogP contribution in [0.1, 0.15) is 25.8 Å². The third-order valence-corrected chi connectivity index (χ3v) is 7.19. The molecule has 1 saturated heterocycles. The molecular formula is C11H14BrN3O4S2. The molecule has 2 N–H and O–H groups in total. The van der Waals surface area contributed by atoms with Crippen LogP contribution in [0, 0.1) is 6.92 Å². The van der Waals surface area contributed by atoms with E-state index < -0.39 is 27.5 Å². The summed E-state index contributed by atoms with van der Waals surface area (Å²) < 4.78 is 25.2. The summed E-state index contributed by atoms with van der Waals surface area (Å²) in [5, 5.41) is 2.99. The minimum atomic E-state index is -3.99. The monoisotopic (exact) mass is 395 g/mol. The molecule has 1 fully saturated rings. The second kappa shape index (κ2) is 5.34. The Morgan fingerprint density at radius 1 is 1.48 bits per heavy atom. The van der Waals surface area contributed by atoms with Crippen LogP contribution in [0.15, 0.2) is 14.1 Å². The smallest absolute Gasteiger partial charge is 0.322 e. The Bertz CT molecular complexity index is 696. The molecule has 7 nitrogen and oxygen atoms in total. The van der Waals surface area contributed by atoms with Crippen molar-refractivity contribution >= 4 is 49.2 Å². The van der Waals surface area contributed by atoms with E-state index in [-0.39, 0.29) is 4.21 Å². The predicted molar refractivity (Wildman–Crippen MR) is 81.2 cm³/mol. The van der Waals surface area contributed by atoms with Gasteiger partial charge in [-0.2, -0.15) is 5.01 Å². The summed E-state index contributed by atoms with van der Waals surface area (Å²) >= 11 is 4.25. The Hall–Kier alpha value is -0.970. The van der Waals surface area contributed by atoms with Crippen LogP contribution in [-0.2, 0) is 14.8 Å². The minimum Gasteiger partial charge on any atom is -0.322 e. The molecule has 1 aliphatic rings. The summed E-state index contributed by atoms with van der Waals surface area (Å²) in [6, 6.07) is 0.689. The number of rotatable bonds is 4. The van der Waals surface area contributed by atoms with Gasteiger partial charge in [-0.25, -0.2) is 13.2 Å². The summed E-state index contributed by atoms with van der Waals surface area (Å²) in [6.45, 7) is 5.03. The number of hydrogen-bond acceptors (Lipinski definition) is 5. The van der Waals surface area contributed by atoms with E-state index in [1.807, 2.05) is 4.83 Å². The van der Waals surface area contributed by atoms with Gasteiger partial charge in [0.25, 0.3) is 15.9 Å². The zero-order valence-corrected chi connectivity index (χ0v) is 14.8. The number of halogens is 1. The normalized spacial score (nSPS) is 22.8. The number of carbonyl (C=O) groups is 2. The lowest BCUT2D eigenvalue weighted by molar-refractivity contribution is -0.131. The lowest BCUT2D eigenvalue weighted by atomic mass is 10.00. The third kappa shape index (κ3) is 2.85. The molecule has 0 aromatic carbocycles. The summed E-state index contributed by atoms with van der Waals surface area (Å²) in [5.41, 5.74) is -0.332. The van der Waals surface area contributed by atoms with E-state index in [0.717, 1.165) is 16.9 Å². The largest absolute Gasteiger partial charge is 0.340 e. The molecule has 2 rings (SSSR count). The molecule has 1 aromatic heterocycles. The Morgan fingerprint density at radius 2 is 2.10 bits per heavy atom. The van der Waals surface area contributed by atoms with E-state index in [2.05, 4.69) is 21.2 Å². The van der Waals surface area contributed by atoms with Crippen molar-refractivity contribution in [1.82, 2.24) is 15.2 Å². The van der Waals surface area contributed by atoms with E-state index >= 15 is 0 Å². The van der Waals surface area contributed by atoms with Gasteiger partial charge in [-0.15, -0.1) is 16.2 Å². The minimum absolute atomic E-state index is 0.0255. The molecule has 0 saturated carbocycles. The fraction of sp³-hybridized carbons (Fsp3) is 0.455. The van der Waals surface area contributed by atoms with Crippen LogP contribution in [0.5, 0.6) is 0 Å². The van der Waals surface area contributed by atoms with Gasteiger partial charge < -0.3 is 5.32 Å². The SMILES string of the molecule is CC[C@]1(C)NC(=O)N(NS(=O)(=O)c2cc(C)c(Br)s2)C1=O. The Labute approximate surface area is 134 Å². The Balaban J connectivity index is 2.29. The van der Waals surface area contributed by atoms with E-state index in [1.165, 1.54) is 6.07 Å². The van der Waals surface area contributed by atoms with Gasteiger partial charge in [-0.3, -0.25) is 4.79 Å². The highest BCUT2D eigenvalue weighted by Crippen LogP contribution is 2.31. The van der Waals surface area contributed by atoms with Gasteiger partial charge in [0, 0.05) is 0 Å². The third-order valence-electron chi connectivity index (χ3n) is 3.28. The standard InChI is InChI=1S/C11H14BrN3O4S2/c1-4-11(3)9(16)15(10(17)13-11)14-21(18,19)7-5-6(2)8(12)20-7/h5,14H,4H2,1-3H3,(H,13,17)/t11-/m0/s1. The average Bonchev–Trinajstić information content (AvgIpc) is 2.84. The van der Waals surface area contributed by atoms with Crippen LogP contribution in [0.3, 0.4) is 0 Å². The molecule has 0 bridgehead atoms. The van der Waals surface area contributed by atoms with Crippen molar-refractivity contribution in [2.24, 2.45) is 0 Å². The van der Waals surface area contributed by atoms with Gasteiger partial charge in [-0.1, -0.05) is 6.92 Å². The number of nitrogens with zero attached hydrogens (tertiary/aromatic N) is 1. The fourth-order valence-electron chi connectivity index (χ4n) is 1.74. The lowest BCUT2D eigenvalue weighted by Gasteiger charge is -2.19. The number of amides is 3. The average molecular weight is 396 g/mol. The second-order valence-electron chi connectivity index (χ2n) is 4.87. The van der Waals surface area contributed by atoms with Gasteiger partial charge in [0.1, 0.15) is 9.75 Å². The fourth-order valence-corrected chi connectivity index (χ4v) is 4.96. The van der Waals surface area contributed by atoms with Crippen LogP contribution >= 0.6 is 27.3 Å². The van der Waals surface area contributed by atoms with Crippen LogP contribution in [-0.4, -0.2) is 30.9 Å². The van der Waals surface area contributed by atoms with Crippen molar-refractivity contribution in [2.45, 2.75) is 36.9 Å². The van der Waals surface area contributed by atoms with Gasteiger partial charge in [0.2, 0.25) is 0 Å². The topological polar surface area (TPSA) is 95.6 Å². The van der Waals surface area contributed by atoms with Gasteiger partial charge >= 0.3 is 6.03 Å². The second-order valence-corrected chi connectivity index (χ2v) is 9.13. The molecular weight excluding hydrogens is 382 g/mol. The maximum absolute atomic E-state index is 12.2. The van der Waals surface area contributed by atoms with Crippen LogP contribution in [0.4, 0.5) is 4.79 Å². The van der Waals surface area contributed by atoms with Crippen molar-refractivity contribution in [3.63, 3.8) is 0 Å². The highest BCUT2D eigenvalue weighted by molar-refractivity contribution is 9.11. The van der Waals surface area contributed by atoms with Gasteiger partial charge in [0.15, 0.2) is 0 Å². The molecule has 3 amide bonds. The number of imide groups is 1. The predicted octanol–water partition coefficient (Wildman–Crippen LogP) is 1.73. The number of hydrogen-bond donors (Lipinski definition) is 2. The maximum Gasteiger partial charge on any atom is 0.340 e. The first-order valence-electron chi connectivity index (χ1n) is 6.06. The summed E-state index contributed by atoms with van der Waals surface area (Å²) in [4.78, 5) is 26.0. The highest BCUT2D eigenvalue weighted by atomic mass is 79.9. The van der Waals surface area contributed by atoms with E-state index in [1.54, 1.807) is 20.8 Å². The van der Waals surface area contributed by atoms with Crippen LogP contribution in [0.25, 0.3) is 0 Å². The molecule has 116 valence electrons. The van der Waals surface area contributed by atoms with Crippen molar-refractivity contribution in [2.75, 3.05) is 0 Å². The number of hydrazine groups is 1. The number of aryl methyl sites for hydroxylation is 1. The number of sulfonamides is 1. The van der Waals surface area contributed by atoms with Crippen molar-refractivity contribution in [1.29, 1.82) is 0 Å². The zero-order valence-electron chi connectivity index (χ0n) is 11.6. The number of urea groups is 1. The summed E-state index contributed by atoms with van der Waals surface area (Å²) in [6.07, 6.45) is 0.361. The lowest BCUT2D eigenvalue weighted by Crippen LogP contribution is -2.48. The van der Waals surface area contributed by atoms with E-state index in [9.17, 15) is 18.0 Å². The number of carbonyl (C=O) groups excluding carboxylic acids is 2. The summed E-state index contributed by atoms with van der Waals surface area (Å²) in [5.74, 6) is -0.620. The molecule has 1 aromatic rings. The van der Waals surface area contributed by atoms with E-state index in [4.69, 9.17) is 0 Å². The Kier molecular flexibility index (Phi) is 4.17. The quantitative estimate of drug-likeness (QED) is 0.758. The first kappa shape index (κ1) is 16.4. The molecule has 0 aliphatic carbocycles. The summed E-state index contributed by atoms with van der Waals surface area (Å²) in [7, 11) is -3.99. The zero-order chi connectivity index (χ0) is 16.0. The van der Waals surface area contributed by atoms with Gasteiger partial charge in [0.05, 0.1) is 3.79 Å². The van der Waals surface area contributed by atoms with Crippen LogP contribution in [0.2, 0.25) is 0 Å². The van der Waals surface area contributed by atoms with Crippen molar-refractivity contribution in [3.8, 4) is 0 Å². The Morgan fingerprint density at radius 3 is 2.52 bits per heavy atom. The molecule has 21 heavy (non-hydrogen) atoms. The molecule has 2 heterocycles.